The highest BCUT2D eigenvalue weighted by molar-refractivity contribution is 9.10. The van der Waals surface area contributed by atoms with E-state index in [0.717, 1.165) is 6.42 Å². The number of nitrogens with one attached hydrogen (secondary N) is 1. The van der Waals surface area contributed by atoms with Crippen molar-refractivity contribution in [3.8, 4) is 17.2 Å². The van der Waals surface area contributed by atoms with Crippen molar-refractivity contribution in [1.82, 2.24) is 5.32 Å². The van der Waals surface area contributed by atoms with Crippen molar-refractivity contribution in [3.05, 3.63) is 52.0 Å². The predicted molar refractivity (Wildman–Crippen MR) is 98.9 cm³/mol. The number of methoxy groups -OCH3 is 3. The van der Waals surface area contributed by atoms with Gasteiger partial charge in [-0.1, -0.05) is 30.3 Å². The van der Waals surface area contributed by atoms with E-state index < -0.39 is 0 Å². The molecule has 5 nitrogen and oxygen atoms in total. The van der Waals surface area contributed by atoms with Gasteiger partial charge in [0.2, 0.25) is 5.75 Å². The van der Waals surface area contributed by atoms with E-state index in [4.69, 9.17) is 14.2 Å². The molecule has 0 heterocycles. The van der Waals surface area contributed by atoms with Gasteiger partial charge in [0, 0.05) is 12.0 Å². The minimum absolute atomic E-state index is 0.140. The van der Waals surface area contributed by atoms with Crippen LogP contribution >= 0.6 is 15.9 Å². The summed E-state index contributed by atoms with van der Waals surface area (Å²) in [5, 5.41) is 3.08. The zero-order valence-corrected chi connectivity index (χ0v) is 15.9. The van der Waals surface area contributed by atoms with E-state index in [0.29, 0.717) is 33.2 Å². The number of amides is 1. The Bertz CT molecular complexity index is 779. The maximum atomic E-state index is 12.7. The van der Waals surface area contributed by atoms with Crippen LogP contribution in [0.2, 0.25) is 0 Å². The first-order valence-corrected chi connectivity index (χ1v) is 8.74. The van der Waals surface area contributed by atoms with Crippen LogP contribution in [-0.2, 0) is 0 Å². The zero-order chi connectivity index (χ0) is 18.0. The molecule has 1 N–H and O–H groups in total. The molecule has 0 spiro atoms. The number of hydrogen-bond acceptors (Lipinski definition) is 4. The van der Waals surface area contributed by atoms with Crippen molar-refractivity contribution >= 4 is 21.8 Å². The highest BCUT2D eigenvalue weighted by Gasteiger charge is 2.40. The Hall–Kier alpha value is -2.21. The largest absolute Gasteiger partial charge is 0.493 e. The maximum Gasteiger partial charge on any atom is 0.252 e. The van der Waals surface area contributed by atoms with Gasteiger partial charge >= 0.3 is 0 Å². The molecule has 132 valence electrons. The molecular formula is C19H20BrNO4. The molecule has 6 heteroatoms. The smallest absolute Gasteiger partial charge is 0.252 e. The van der Waals surface area contributed by atoms with E-state index in [1.54, 1.807) is 6.07 Å². The van der Waals surface area contributed by atoms with Crippen molar-refractivity contribution in [3.63, 3.8) is 0 Å². The van der Waals surface area contributed by atoms with E-state index in [1.165, 1.54) is 26.9 Å². The van der Waals surface area contributed by atoms with Gasteiger partial charge in [-0.25, -0.2) is 0 Å². The number of benzene rings is 2. The molecule has 0 radical (unpaired) electrons. The molecule has 0 aliphatic heterocycles. The molecule has 25 heavy (non-hydrogen) atoms. The lowest BCUT2D eigenvalue weighted by molar-refractivity contribution is 0.0948. The summed E-state index contributed by atoms with van der Waals surface area (Å²) >= 11 is 3.45. The standard InChI is InChI=1S/C19H20BrNO4/c1-23-15-10-13(16(20)18(25-3)17(15)24-2)19(22)21-14-9-12(14)11-7-5-4-6-8-11/h4-8,10,12,14H,9H2,1-3H3,(H,21,22)/t12-,14-/m0/s1. The summed E-state index contributed by atoms with van der Waals surface area (Å²) in [6.07, 6.45) is 0.942. The Morgan fingerprint density at radius 1 is 1.08 bits per heavy atom. The molecule has 0 bridgehead atoms. The molecule has 1 saturated carbocycles. The summed E-state index contributed by atoms with van der Waals surface area (Å²) in [5.74, 6) is 1.52. The normalized spacial score (nSPS) is 18.4. The van der Waals surface area contributed by atoms with E-state index in [2.05, 4.69) is 33.4 Å². The molecule has 1 aliphatic carbocycles. The van der Waals surface area contributed by atoms with Gasteiger partial charge < -0.3 is 19.5 Å². The van der Waals surface area contributed by atoms with Crippen molar-refractivity contribution in [2.45, 2.75) is 18.4 Å². The molecule has 0 saturated heterocycles. The van der Waals surface area contributed by atoms with Crippen LogP contribution in [0.4, 0.5) is 0 Å². The minimum Gasteiger partial charge on any atom is -0.493 e. The second kappa shape index (κ2) is 7.35. The van der Waals surface area contributed by atoms with E-state index >= 15 is 0 Å². The molecule has 0 unspecified atom stereocenters. The summed E-state index contributed by atoms with van der Waals surface area (Å²) in [7, 11) is 4.58. The number of carbonyl (C=O) groups excluding carboxylic acids is 1. The predicted octanol–water partition coefficient (Wildman–Crippen LogP) is 3.76. The van der Waals surface area contributed by atoms with Gasteiger partial charge in [-0.15, -0.1) is 0 Å². The summed E-state index contributed by atoms with van der Waals surface area (Å²) < 4.78 is 16.6. The average molecular weight is 406 g/mol. The van der Waals surface area contributed by atoms with Gasteiger partial charge in [0.25, 0.3) is 5.91 Å². The molecule has 1 aliphatic rings. The van der Waals surface area contributed by atoms with Gasteiger partial charge in [0.1, 0.15) is 0 Å². The molecule has 2 aromatic carbocycles. The quantitative estimate of drug-likeness (QED) is 0.794. The van der Waals surface area contributed by atoms with Gasteiger partial charge in [0.05, 0.1) is 31.4 Å². The maximum absolute atomic E-state index is 12.7. The van der Waals surface area contributed by atoms with E-state index in [9.17, 15) is 4.79 Å². The number of ether oxygens (including phenoxy) is 3. The van der Waals surface area contributed by atoms with Crippen LogP contribution in [0.25, 0.3) is 0 Å². The number of hydrogen-bond donors (Lipinski definition) is 1. The van der Waals surface area contributed by atoms with Crippen molar-refractivity contribution in [2.75, 3.05) is 21.3 Å². The Morgan fingerprint density at radius 3 is 2.36 bits per heavy atom. The van der Waals surface area contributed by atoms with Gasteiger partial charge in [-0.2, -0.15) is 0 Å². The summed E-state index contributed by atoms with van der Waals surface area (Å²) in [4.78, 5) is 12.7. The topological polar surface area (TPSA) is 56.8 Å². The van der Waals surface area contributed by atoms with Gasteiger partial charge in [-0.3, -0.25) is 4.79 Å². The lowest BCUT2D eigenvalue weighted by atomic mass is 10.1. The third kappa shape index (κ3) is 3.44. The number of carbonyl (C=O) groups is 1. The second-order valence-electron chi connectivity index (χ2n) is 5.84. The average Bonchev–Trinajstić information content (AvgIpc) is 3.40. The number of rotatable bonds is 6. The minimum atomic E-state index is -0.172. The van der Waals surface area contributed by atoms with Crippen LogP contribution in [-0.4, -0.2) is 33.3 Å². The van der Waals surface area contributed by atoms with Crippen molar-refractivity contribution in [1.29, 1.82) is 0 Å². The van der Waals surface area contributed by atoms with Crippen molar-refractivity contribution in [2.24, 2.45) is 0 Å². The lowest BCUT2D eigenvalue weighted by Crippen LogP contribution is -2.27. The fraction of sp³-hybridized carbons (Fsp3) is 0.316. The Kier molecular flexibility index (Phi) is 5.18. The zero-order valence-electron chi connectivity index (χ0n) is 14.3. The first-order chi connectivity index (χ1) is 12.1. The first-order valence-electron chi connectivity index (χ1n) is 7.95. The highest BCUT2D eigenvalue weighted by atomic mass is 79.9. The molecule has 1 amide bonds. The molecule has 1 fully saturated rings. The Balaban J connectivity index is 1.81. The van der Waals surface area contributed by atoms with Gasteiger partial charge in [-0.05, 0) is 34.0 Å². The van der Waals surface area contributed by atoms with Crippen LogP contribution in [0.3, 0.4) is 0 Å². The molecule has 2 atom stereocenters. The molecular weight excluding hydrogens is 386 g/mol. The summed E-state index contributed by atoms with van der Waals surface area (Å²) in [5.41, 5.74) is 1.70. The van der Waals surface area contributed by atoms with Crippen LogP contribution in [0.15, 0.2) is 40.9 Å². The van der Waals surface area contributed by atoms with Crippen molar-refractivity contribution < 1.29 is 19.0 Å². The first kappa shape index (κ1) is 17.6. The summed E-state index contributed by atoms with van der Waals surface area (Å²) in [6.45, 7) is 0. The van der Waals surface area contributed by atoms with Crippen LogP contribution < -0.4 is 19.5 Å². The second-order valence-corrected chi connectivity index (χ2v) is 6.63. The lowest BCUT2D eigenvalue weighted by Gasteiger charge is -2.16. The van der Waals surface area contributed by atoms with E-state index in [-0.39, 0.29) is 11.9 Å². The fourth-order valence-electron chi connectivity index (χ4n) is 2.96. The van der Waals surface area contributed by atoms with Gasteiger partial charge in [0.15, 0.2) is 11.5 Å². The third-order valence-electron chi connectivity index (χ3n) is 4.35. The fourth-order valence-corrected chi connectivity index (χ4v) is 3.59. The van der Waals surface area contributed by atoms with Crippen LogP contribution in [0.1, 0.15) is 28.3 Å². The van der Waals surface area contributed by atoms with Crippen LogP contribution in [0, 0.1) is 0 Å². The molecule has 0 aromatic heterocycles. The molecule has 3 rings (SSSR count). The third-order valence-corrected chi connectivity index (χ3v) is 5.14. The Labute approximate surface area is 155 Å². The van der Waals surface area contributed by atoms with E-state index in [1.807, 2.05) is 18.2 Å². The summed E-state index contributed by atoms with van der Waals surface area (Å²) in [6, 6.07) is 12.0. The highest BCUT2D eigenvalue weighted by Crippen LogP contribution is 2.45. The SMILES string of the molecule is COc1cc(C(=O)N[C@H]2C[C@H]2c2ccccc2)c(Br)c(OC)c1OC. The molecule has 2 aromatic rings. The Morgan fingerprint density at radius 2 is 1.76 bits per heavy atom. The number of halogens is 1. The monoisotopic (exact) mass is 405 g/mol. The van der Waals surface area contributed by atoms with Crippen LogP contribution in [0.5, 0.6) is 17.2 Å².